The Kier molecular flexibility index (Phi) is 2.65. The molecule has 0 atom stereocenters. The fraction of sp³-hybridized carbons (Fsp3) is 0.700. The Hall–Kier alpha value is -0.660. The second-order valence-electron chi connectivity index (χ2n) is 4.26. The number of halogens is 1. The molecule has 1 aliphatic rings. The first-order valence-electron chi connectivity index (χ1n) is 4.38. The molecule has 0 aromatic heterocycles. The van der Waals surface area contributed by atoms with Gasteiger partial charge in [0.1, 0.15) is 0 Å². The predicted molar refractivity (Wildman–Crippen MR) is 46.4 cm³/mol. The van der Waals surface area contributed by atoms with E-state index in [9.17, 15) is 9.18 Å². The maximum Gasteiger partial charge on any atom is 0.178 e. The smallest absolute Gasteiger partial charge is 0.178 e. The third-order valence-electron chi connectivity index (χ3n) is 2.47. The minimum absolute atomic E-state index is 0.175. The Labute approximate surface area is 72.7 Å². The topological polar surface area (TPSA) is 17.1 Å². The normalized spacial score (nSPS) is 26.6. The average Bonchev–Trinajstić information content (AvgIpc) is 2.01. The van der Waals surface area contributed by atoms with Gasteiger partial charge in [0.2, 0.25) is 0 Å². The van der Waals surface area contributed by atoms with E-state index in [2.05, 4.69) is 13.8 Å². The first kappa shape index (κ1) is 9.43. The highest BCUT2D eigenvalue weighted by Crippen LogP contribution is 2.39. The minimum Gasteiger partial charge on any atom is -0.295 e. The predicted octanol–water partition coefficient (Wildman–Crippen LogP) is 3.01. The van der Waals surface area contributed by atoms with Crippen molar-refractivity contribution < 1.29 is 9.18 Å². The molecule has 1 aliphatic carbocycles. The summed E-state index contributed by atoms with van der Waals surface area (Å²) in [6.45, 7) is 4.23. The van der Waals surface area contributed by atoms with Gasteiger partial charge in [-0.05, 0) is 36.7 Å². The van der Waals surface area contributed by atoms with Crippen LogP contribution >= 0.6 is 0 Å². The molecule has 0 radical (unpaired) electrons. The lowest BCUT2D eigenvalue weighted by Gasteiger charge is -2.30. The fourth-order valence-corrected chi connectivity index (χ4v) is 1.82. The summed E-state index contributed by atoms with van der Waals surface area (Å²) in [6.07, 6.45) is 3.95. The van der Waals surface area contributed by atoms with E-state index in [1.165, 1.54) is 0 Å². The van der Waals surface area contributed by atoms with Gasteiger partial charge in [-0.25, -0.2) is 4.39 Å². The summed E-state index contributed by atoms with van der Waals surface area (Å²) < 4.78 is 12.9. The Morgan fingerprint density at radius 3 is 2.75 bits per heavy atom. The molecule has 0 unspecified atom stereocenters. The highest BCUT2D eigenvalue weighted by Gasteiger charge is 2.25. The van der Waals surface area contributed by atoms with Crippen LogP contribution in [0.3, 0.4) is 0 Å². The molecule has 1 fully saturated rings. The van der Waals surface area contributed by atoms with E-state index in [1.807, 2.05) is 0 Å². The summed E-state index contributed by atoms with van der Waals surface area (Å²) in [5.41, 5.74) is 0.884. The van der Waals surface area contributed by atoms with Crippen LogP contribution in [0.5, 0.6) is 0 Å². The molecule has 0 spiro atoms. The van der Waals surface area contributed by atoms with Crippen molar-refractivity contribution in [3.8, 4) is 0 Å². The van der Waals surface area contributed by atoms with Gasteiger partial charge in [0, 0.05) is 0 Å². The number of aldehydes is 1. The van der Waals surface area contributed by atoms with Crippen molar-refractivity contribution in [1.82, 2.24) is 0 Å². The molecule has 0 aliphatic heterocycles. The third-order valence-corrected chi connectivity index (χ3v) is 2.47. The average molecular weight is 170 g/mol. The monoisotopic (exact) mass is 170 g/mol. The minimum atomic E-state index is -0.539. The number of hydrogen-bond acceptors (Lipinski definition) is 1. The van der Waals surface area contributed by atoms with Gasteiger partial charge in [-0.1, -0.05) is 13.8 Å². The Bertz CT molecular complexity index is 216. The highest BCUT2D eigenvalue weighted by atomic mass is 19.1. The van der Waals surface area contributed by atoms with Crippen molar-refractivity contribution in [2.75, 3.05) is 0 Å². The van der Waals surface area contributed by atoms with Crippen molar-refractivity contribution in [3.63, 3.8) is 0 Å². The molecule has 1 saturated carbocycles. The van der Waals surface area contributed by atoms with E-state index in [0.717, 1.165) is 25.7 Å². The van der Waals surface area contributed by atoms with Gasteiger partial charge in [-0.3, -0.25) is 4.79 Å². The molecule has 12 heavy (non-hydrogen) atoms. The molecule has 0 N–H and O–H groups in total. The zero-order chi connectivity index (χ0) is 9.19. The highest BCUT2D eigenvalue weighted by molar-refractivity contribution is 5.71. The molecule has 0 amide bonds. The van der Waals surface area contributed by atoms with Crippen LogP contribution < -0.4 is 0 Å². The van der Waals surface area contributed by atoms with Gasteiger partial charge in [0.05, 0.1) is 0 Å². The molecule has 0 aromatic rings. The SMILES string of the molecule is CC1(C)CCC/C(=C(/F)C=O)C1. The molecule has 0 bridgehead atoms. The van der Waals surface area contributed by atoms with Crippen molar-refractivity contribution in [2.45, 2.75) is 39.5 Å². The van der Waals surface area contributed by atoms with Gasteiger partial charge < -0.3 is 0 Å². The van der Waals surface area contributed by atoms with Gasteiger partial charge in [-0.15, -0.1) is 0 Å². The summed E-state index contributed by atoms with van der Waals surface area (Å²) >= 11 is 0. The quantitative estimate of drug-likeness (QED) is 0.436. The zero-order valence-electron chi connectivity index (χ0n) is 7.69. The van der Waals surface area contributed by atoms with Gasteiger partial charge in [0.15, 0.2) is 12.1 Å². The van der Waals surface area contributed by atoms with Gasteiger partial charge >= 0.3 is 0 Å². The van der Waals surface area contributed by atoms with Gasteiger partial charge in [0.25, 0.3) is 0 Å². The number of rotatable bonds is 1. The molecular formula is C10H15FO. The van der Waals surface area contributed by atoms with E-state index < -0.39 is 5.83 Å². The largest absolute Gasteiger partial charge is 0.295 e. The summed E-state index contributed by atoms with van der Waals surface area (Å²) in [7, 11) is 0. The zero-order valence-corrected chi connectivity index (χ0v) is 7.69. The van der Waals surface area contributed by atoms with Crippen molar-refractivity contribution >= 4 is 6.29 Å². The summed E-state index contributed by atoms with van der Waals surface area (Å²) in [5.74, 6) is -0.539. The number of carbonyl (C=O) groups excluding carboxylic acids is 1. The molecular weight excluding hydrogens is 155 g/mol. The standard InChI is InChI=1S/C10H15FO/c1-10(2)5-3-4-8(6-10)9(11)7-12/h7H,3-6H2,1-2H3/b9-8-. The van der Waals surface area contributed by atoms with Crippen LogP contribution in [0.4, 0.5) is 4.39 Å². The molecule has 1 nitrogen and oxygen atoms in total. The van der Waals surface area contributed by atoms with Crippen LogP contribution in [0, 0.1) is 5.41 Å². The van der Waals surface area contributed by atoms with Crippen LogP contribution in [0.2, 0.25) is 0 Å². The van der Waals surface area contributed by atoms with E-state index in [-0.39, 0.29) is 5.41 Å². The molecule has 1 rings (SSSR count). The van der Waals surface area contributed by atoms with Crippen molar-refractivity contribution in [2.24, 2.45) is 5.41 Å². The second-order valence-corrected chi connectivity index (χ2v) is 4.26. The van der Waals surface area contributed by atoms with Crippen molar-refractivity contribution in [1.29, 1.82) is 0 Å². The summed E-state index contributed by atoms with van der Waals surface area (Å²) in [6, 6.07) is 0. The van der Waals surface area contributed by atoms with Crippen LogP contribution in [-0.2, 0) is 4.79 Å². The first-order chi connectivity index (χ1) is 5.55. The lowest BCUT2D eigenvalue weighted by atomic mass is 9.75. The second kappa shape index (κ2) is 3.38. The third kappa shape index (κ3) is 2.16. The van der Waals surface area contributed by atoms with Crippen LogP contribution in [0.25, 0.3) is 0 Å². The fourth-order valence-electron chi connectivity index (χ4n) is 1.82. The molecule has 0 saturated heterocycles. The molecule has 0 heterocycles. The maximum absolute atomic E-state index is 12.9. The van der Waals surface area contributed by atoms with Gasteiger partial charge in [-0.2, -0.15) is 0 Å². The number of hydrogen-bond donors (Lipinski definition) is 0. The van der Waals surface area contributed by atoms with E-state index >= 15 is 0 Å². The van der Waals surface area contributed by atoms with E-state index in [0.29, 0.717) is 11.9 Å². The Balaban J connectivity index is 2.76. The van der Waals surface area contributed by atoms with E-state index in [1.54, 1.807) is 0 Å². The Morgan fingerprint density at radius 2 is 2.25 bits per heavy atom. The lowest BCUT2D eigenvalue weighted by molar-refractivity contribution is -0.106. The van der Waals surface area contributed by atoms with Crippen molar-refractivity contribution in [3.05, 3.63) is 11.4 Å². The number of carbonyl (C=O) groups is 1. The lowest BCUT2D eigenvalue weighted by Crippen LogP contribution is -2.17. The van der Waals surface area contributed by atoms with Crippen LogP contribution in [-0.4, -0.2) is 6.29 Å². The molecule has 2 heteroatoms. The van der Waals surface area contributed by atoms with Crippen LogP contribution in [0.1, 0.15) is 39.5 Å². The maximum atomic E-state index is 12.9. The summed E-state index contributed by atoms with van der Waals surface area (Å²) in [4.78, 5) is 10.2. The number of allylic oxidation sites excluding steroid dienone is 2. The molecule has 0 aromatic carbocycles. The first-order valence-corrected chi connectivity index (χ1v) is 4.38. The molecule has 68 valence electrons. The van der Waals surface area contributed by atoms with E-state index in [4.69, 9.17) is 0 Å². The summed E-state index contributed by atoms with van der Waals surface area (Å²) in [5, 5.41) is 0. The van der Waals surface area contributed by atoms with Crippen LogP contribution in [0.15, 0.2) is 11.4 Å². The Morgan fingerprint density at radius 1 is 1.58 bits per heavy atom.